The molecule has 8 heteroatoms. The highest BCUT2D eigenvalue weighted by Gasteiger charge is 2.29. The molecule has 0 aliphatic rings. The van der Waals surface area contributed by atoms with E-state index in [-0.39, 0.29) is 17.9 Å². The Hall–Kier alpha value is -2.90. The second kappa shape index (κ2) is 7.55. The predicted molar refractivity (Wildman–Crippen MR) is 91.4 cm³/mol. The van der Waals surface area contributed by atoms with Crippen molar-refractivity contribution < 1.29 is 28.4 Å². The van der Waals surface area contributed by atoms with Gasteiger partial charge in [0.15, 0.2) is 6.10 Å². The number of aryl methyl sites for hydroxylation is 3. The van der Waals surface area contributed by atoms with Gasteiger partial charge in [0.1, 0.15) is 11.3 Å². The van der Waals surface area contributed by atoms with Gasteiger partial charge in [-0.15, -0.1) is 0 Å². The van der Waals surface area contributed by atoms with Gasteiger partial charge in [-0.05, 0) is 47.1 Å². The lowest BCUT2D eigenvalue weighted by atomic mass is 10.1. The van der Waals surface area contributed by atoms with E-state index in [1.165, 1.54) is 6.92 Å². The van der Waals surface area contributed by atoms with Crippen LogP contribution in [0.3, 0.4) is 0 Å². The summed E-state index contributed by atoms with van der Waals surface area (Å²) in [6, 6.07) is 0. The van der Waals surface area contributed by atoms with Crippen LogP contribution in [0.5, 0.6) is 0 Å². The molecule has 0 amide bonds. The summed E-state index contributed by atoms with van der Waals surface area (Å²) in [5.41, 5.74) is 2.11. The van der Waals surface area contributed by atoms with E-state index >= 15 is 0 Å². The molecular weight excluding hydrogens is 340 g/mol. The monoisotopic (exact) mass is 362 g/mol. The van der Waals surface area contributed by atoms with Crippen LogP contribution in [0.2, 0.25) is 0 Å². The van der Waals surface area contributed by atoms with Gasteiger partial charge in [-0.25, -0.2) is 9.59 Å². The maximum absolute atomic E-state index is 12.7. The molecule has 1 N–H and O–H groups in total. The van der Waals surface area contributed by atoms with Crippen molar-refractivity contribution in [3.63, 3.8) is 0 Å². The molecule has 0 saturated carbocycles. The summed E-state index contributed by atoms with van der Waals surface area (Å²) >= 11 is 0. The number of rotatable bonds is 6. The van der Waals surface area contributed by atoms with Crippen LogP contribution in [0, 0.1) is 27.7 Å². The Bertz CT molecular complexity index is 842. The molecule has 0 fully saturated rings. The lowest BCUT2D eigenvalue weighted by Gasteiger charge is -2.12. The number of hydrogen-bond acceptors (Lipinski definition) is 7. The summed E-state index contributed by atoms with van der Waals surface area (Å²) < 4.78 is 15.2. The standard InChI is InChI=1S/C18H22N2O6/c1-7-24-17(22)13-8(2)15(19-9(13)3)16(21)12(6)25-18(23)14-10(4)20-26-11(14)5/h12,19H,7H2,1-6H3/t12-/m1/s1. The highest BCUT2D eigenvalue weighted by molar-refractivity contribution is 6.04. The van der Waals surface area contributed by atoms with Crippen LogP contribution < -0.4 is 0 Å². The van der Waals surface area contributed by atoms with Crippen molar-refractivity contribution >= 4 is 17.7 Å². The molecule has 0 spiro atoms. The van der Waals surface area contributed by atoms with Crippen molar-refractivity contribution in [3.8, 4) is 0 Å². The van der Waals surface area contributed by atoms with E-state index in [0.717, 1.165) is 0 Å². The van der Waals surface area contributed by atoms with E-state index in [1.54, 1.807) is 34.6 Å². The van der Waals surface area contributed by atoms with Crippen LogP contribution in [0.4, 0.5) is 0 Å². The van der Waals surface area contributed by atoms with E-state index in [0.29, 0.717) is 28.3 Å². The number of H-pyrrole nitrogens is 1. The minimum atomic E-state index is -1.05. The molecule has 0 aliphatic carbocycles. The number of esters is 2. The third kappa shape index (κ3) is 3.54. The molecule has 26 heavy (non-hydrogen) atoms. The highest BCUT2D eigenvalue weighted by Crippen LogP contribution is 2.22. The zero-order valence-corrected chi connectivity index (χ0v) is 15.7. The SMILES string of the molecule is CCOC(=O)c1c(C)[nH]c(C(=O)[C@@H](C)OC(=O)c2c(C)noc2C)c1C. The van der Waals surface area contributed by atoms with Gasteiger partial charge in [0.2, 0.25) is 5.78 Å². The first-order valence-corrected chi connectivity index (χ1v) is 8.23. The van der Waals surface area contributed by atoms with Gasteiger partial charge in [0, 0.05) is 5.69 Å². The molecule has 0 aromatic carbocycles. The number of hydrogen-bond donors (Lipinski definition) is 1. The Labute approximate surface area is 150 Å². The van der Waals surface area contributed by atoms with E-state index in [4.69, 9.17) is 14.0 Å². The Balaban J connectivity index is 2.22. The number of carbonyl (C=O) groups excluding carboxylic acids is 3. The van der Waals surface area contributed by atoms with Gasteiger partial charge in [0.05, 0.1) is 23.6 Å². The van der Waals surface area contributed by atoms with Gasteiger partial charge in [-0.1, -0.05) is 5.16 Å². The highest BCUT2D eigenvalue weighted by atomic mass is 16.5. The molecule has 140 valence electrons. The average molecular weight is 362 g/mol. The topological polar surface area (TPSA) is 111 Å². The van der Waals surface area contributed by atoms with Crippen molar-refractivity contribution in [2.45, 2.75) is 47.6 Å². The third-order valence-electron chi connectivity index (χ3n) is 4.05. The third-order valence-corrected chi connectivity index (χ3v) is 4.05. The number of aromatic nitrogens is 2. The van der Waals surface area contributed by atoms with Crippen molar-refractivity contribution in [3.05, 3.63) is 39.5 Å². The molecule has 2 aromatic rings. The van der Waals surface area contributed by atoms with E-state index < -0.39 is 23.8 Å². The molecule has 0 bridgehead atoms. The number of carbonyl (C=O) groups is 3. The van der Waals surface area contributed by atoms with E-state index in [2.05, 4.69) is 10.1 Å². The molecule has 2 rings (SSSR count). The molecule has 0 radical (unpaired) electrons. The van der Waals surface area contributed by atoms with Crippen LogP contribution in [-0.4, -0.2) is 40.6 Å². The summed E-state index contributed by atoms with van der Waals surface area (Å²) in [5.74, 6) is -1.31. The lowest BCUT2D eigenvalue weighted by Crippen LogP contribution is -2.25. The summed E-state index contributed by atoms with van der Waals surface area (Å²) in [6.45, 7) is 9.94. The number of nitrogens with one attached hydrogen (secondary N) is 1. The largest absolute Gasteiger partial charge is 0.462 e. The molecule has 0 unspecified atom stereocenters. The van der Waals surface area contributed by atoms with Gasteiger partial charge in [-0.3, -0.25) is 4.79 Å². The van der Waals surface area contributed by atoms with Crippen LogP contribution in [0.1, 0.15) is 67.8 Å². The first-order chi connectivity index (χ1) is 12.2. The smallest absolute Gasteiger partial charge is 0.344 e. The van der Waals surface area contributed by atoms with Gasteiger partial charge in [-0.2, -0.15) is 0 Å². The average Bonchev–Trinajstić information content (AvgIpc) is 3.05. The van der Waals surface area contributed by atoms with Crippen LogP contribution in [-0.2, 0) is 9.47 Å². The van der Waals surface area contributed by atoms with Crippen molar-refractivity contribution in [1.29, 1.82) is 0 Å². The second-order valence-electron chi connectivity index (χ2n) is 5.96. The van der Waals surface area contributed by atoms with E-state index in [9.17, 15) is 14.4 Å². The van der Waals surface area contributed by atoms with Crippen LogP contribution in [0.25, 0.3) is 0 Å². The first kappa shape index (κ1) is 19.4. The summed E-state index contributed by atoms with van der Waals surface area (Å²) in [4.78, 5) is 39.9. The number of nitrogens with zero attached hydrogens (tertiary/aromatic N) is 1. The predicted octanol–water partition coefficient (Wildman–Crippen LogP) is 2.84. The van der Waals surface area contributed by atoms with Crippen molar-refractivity contribution in [1.82, 2.24) is 10.1 Å². The number of ether oxygens (including phenoxy) is 2. The van der Waals surface area contributed by atoms with Crippen LogP contribution >= 0.6 is 0 Å². The summed E-state index contributed by atoms with van der Waals surface area (Å²) in [6.07, 6.45) is -1.05. The minimum Gasteiger partial charge on any atom is -0.462 e. The molecule has 8 nitrogen and oxygen atoms in total. The van der Waals surface area contributed by atoms with Gasteiger partial charge >= 0.3 is 11.9 Å². The number of ketones is 1. The molecule has 0 aliphatic heterocycles. The fraction of sp³-hybridized carbons (Fsp3) is 0.444. The van der Waals surface area contributed by atoms with Gasteiger partial charge in [0.25, 0.3) is 0 Å². The normalized spacial score (nSPS) is 11.9. The molecule has 2 aromatic heterocycles. The maximum atomic E-state index is 12.7. The molecule has 1 atom stereocenters. The zero-order valence-electron chi connectivity index (χ0n) is 15.7. The minimum absolute atomic E-state index is 0.205. The van der Waals surface area contributed by atoms with Gasteiger partial charge < -0.3 is 19.0 Å². The Kier molecular flexibility index (Phi) is 5.64. The fourth-order valence-corrected chi connectivity index (χ4v) is 2.76. The van der Waals surface area contributed by atoms with Crippen molar-refractivity contribution in [2.75, 3.05) is 6.61 Å². The zero-order chi connectivity index (χ0) is 19.6. The quantitative estimate of drug-likeness (QED) is 0.621. The molecule has 2 heterocycles. The maximum Gasteiger partial charge on any atom is 0.344 e. The molecular formula is C18H22N2O6. The Morgan fingerprint density at radius 3 is 2.31 bits per heavy atom. The Morgan fingerprint density at radius 1 is 1.12 bits per heavy atom. The van der Waals surface area contributed by atoms with Crippen molar-refractivity contribution in [2.24, 2.45) is 0 Å². The Morgan fingerprint density at radius 2 is 1.77 bits per heavy atom. The molecule has 0 saturated heterocycles. The fourth-order valence-electron chi connectivity index (χ4n) is 2.76. The summed E-state index contributed by atoms with van der Waals surface area (Å²) in [7, 11) is 0. The summed E-state index contributed by atoms with van der Waals surface area (Å²) in [5, 5.41) is 3.70. The van der Waals surface area contributed by atoms with E-state index in [1.807, 2.05) is 0 Å². The second-order valence-corrected chi connectivity index (χ2v) is 5.96. The number of aromatic amines is 1. The number of Topliss-reactive ketones (excluding diaryl/α,β-unsaturated/α-hetero) is 1. The lowest BCUT2D eigenvalue weighted by molar-refractivity contribution is 0.0314. The van der Waals surface area contributed by atoms with Crippen LogP contribution in [0.15, 0.2) is 4.52 Å². The first-order valence-electron chi connectivity index (χ1n) is 8.23.